The van der Waals surface area contributed by atoms with Crippen LogP contribution in [0.2, 0.25) is 0 Å². The number of carbonyl (C=O) groups is 2. The van der Waals surface area contributed by atoms with Crippen molar-refractivity contribution in [2.24, 2.45) is 0 Å². The van der Waals surface area contributed by atoms with Crippen LogP contribution in [0.1, 0.15) is 28.8 Å². The number of amides is 2. The highest BCUT2D eigenvalue weighted by molar-refractivity contribution is 5.94. The van der Waals surface area contributed by atoms with Gasteiger partial charge in [-0.3, -0.25) is 9.59 Å². The minimum absolute atomic E-state index is 0.0444. The van der Waals surface area contributed by atoms with Crippen LogP contribution in [0.5, 0.6) is 5.75 Å². The van der Waals surface area contributed by atoms with Crippen molar-refractivity contribution in [3.63, 3.8) is 0 Å². The smallest absolute Gasteiger partial charge is 0.251 e. The zero-order valence-corrected chi connectivity index (χ0v) is 16.8. The van der Waals surface area contributed by atoms with E-state index in [1.54, 1.807) is 12.1 Å². The molecule has 0 aliphatic rings. The Labute approximate surface area is 166 Å². The molecule has 0 aliphatic carbocycles. The van der Waals surface area contributed by atoms with Gasteiger partial charge in [0.25, 0.3) is 5.91 Å². The van der Waals surface area contributed by atoms with E-state index in [1.807, 2.05) is 62.3 Å². The van der Waals surface area contributed by atoms with Crippen molar-refractivity contribution in [3.8, 4) is 5.75 Å². The van der Waals surface area contributed by atoms with Crippen LogP contribution in [0, 0.1) is 6.92 Å². The van der Waals surface area contributed by atoms with Gasteiger partial charge in [0.2, 0.25) is 5.91 Å². The SMILES string of the molecule is Cc1ccc(OCCCC(=O)NCCNC(=O)c2ccc(N(C)C)cc2)cc1. The molecule has 0 bridgehead atoms. The van der Waals surface area contributed by atoms with E-state index in [4.69, 9.17) is 4.74 Å². The van der Waals surface area contributed by atoms with Crippen LogP contribution in [-0.4, -0.2) is 45.6 Å². The minimum atomic E-state index is -0.147. The third-order valence-corrected chi connectivity index (χ3v) is 4.22. The average molecular weight is 383 g/mol. The number of ether oxygens (including phenoxy) is 1. The number of hydrogen-bond acceptors (Lipinski definition) is 4. The maximum Gasteiger partial charge on any atom is 0.251 e. The molecular formula is C22H29N3O3. The molecule has 0 aliphatic heterocycles. The number of nitrogens with one attached hydrogen (secondary N) is 2. The van der Waals surface area contributed by atoms with Gasteiger partial charge < -0.3 is 20.3 Å². The lowest BCUT2D eigenvalue weighted by atomic mass is 10.2. The molecule has 28 heavy (non-hydrogen) atoms. The summed E-state index contributed by atoms with van der Waals surface area (Å²) in [4.78, 5) is 25.9. The molecule has 0 atom stereocenters. The van der Waals surface area contributed by atoms with Crippen LogP contribution in [0.15, 0.2) is 48.5 Å². The van der Waals surface area contributed by atoms with Gasteiger partial charge in [-0.2, -0.15) is 0 Å². The highest BCUT2D eigenvalue weighted by atomic mass is 16.5. The topological polar surface area (TPSA) is 70.7 Å². The molecule has 0 spiro atoms. The van der Waals surface area contributed by atoms with Gasteiger partial charge in [0.15, 0.2) is 0 Å². The molecule has 6 nitrogen and oxygen atoms in total. The monoisotopic (exact) mass is 383 g/mol. The molecule has 0 saturated heterocycles. The van der Waals surface area contributed by atoms with Gasteiger partial charge in [0.1, 0.15) is 5.75 Å². The molecule has 6 heteroatoms. The number of carbonyl (C=O) groups excluding carboxylic acids is 2. The van der Waals surface area contributed by atoms with E-state index >= 15 is 0 Å². The Morgan fingerprint density at radius 1 is 0.929 bits per heavy atom. The summed E-state index contributed by atoms with van der Waals surface area (Å²) < 4.78 is 5.60. The molecule has 0 heterocycles. The highest BCUT2D eigenvalue weighted by Crippen LogP contribution is 2.12. The summed E-state index contributed by atoms with van der Waals surface area (Å²) in [6, 6.07) is 15.2. The first-order valence-electron chi connectivity index (χ1n) is 9.47. The first-order valence-corrected chi connectivity index (χ1v) is 9.47. The second-order valence-electron chi connectivity index (χ2n) is 6.81. The van der Waals surface area contributed by atoms with Crippen molar-refractivity contribution in [2.75, 3.05) is 38.7 Å². The molecule has 0 fully saturated rings. The Hall–Kier alpha value is -3.02. The zero-order chi connectivity index (χ0) is 20.4. The summed E-state index contributed by atoms with van der Waals surface area (Å²) in [6.07, 6.45) is 1.04. The van der Waals surface area contributed by atoms with E-state index in [9.17, 15) is 9.59 Å². The second kappa shape index (κ2) is 11.0. The van der Waals surface area contributed by atoms with Crippen molar-refractivity contribution in [1.29, 1.82) is 0 Å². The van der Waals surface area contributed by atoms with Gasteiger partial charge >= 0.3 is 0 Å². The zero-order valence-electron chi connectivity index (χ0n) is 16.8. The van der Waals surface area contributed by atoms with Gasteiger partial charge in [0.05, 0.1) is 6.61 Å². The predicted octanol–water partition coefficient (Wildman–Crippen LogP) is 2.77. The Kier molecular flexibility index (Phi) is 8.34. The molecule has 0 radical (unpaired) electrons. The number of anilines is 1. The fraction of sp³-hybridized carbons (Fsp3) is 0.364. The highest BCUT2D eigenvalue weighted by Gasteiger charge is 2.06. The van der Waals surface area contributed by atoms with E-state index in [-0.39, 0.29) is 11.8 Å². The summed E-state index contributed by atoms with van der Waals surface area (Å²) in [6.45, 7) is 3.31. The van der Waals surface area contributed by atoms with Crippen LogP contribution in [0.25, 0.3) is 0 Å². The lowest BCUT2D eigenvalue weighted by molar-refractivity contribution is -0.121. The third-order valence-electron chi connectivity index (χ3n) is 4.22. The van der Waals surface area contributed by atoms with Crippen molar-refractivity contribution in [2.45, 2.75) is 19.8 Å². The number of aryl methyl sites for hydroxylation is 1. The molecule has 2 aromatic rings. The normalized spacial score (nSPS) is 10.2. The summed E-state index contributed by atoms with van der Waals surface area (Å²) in [5.41, 5.74) is 2.82. The molecule has 0 unspecified atom stereocenters. The summed E-state index contributed by atoms with van der Waals surface area (Å²) in [7, 11) is 3.90. The fourth-order valence-electron chi connectivity index (χ4n) is 2.54. The first-order chi connectivity index (χ1) is 13.5. The quantitative estimate of drug-likeness (QED) is 0.619. The van der Waals surface area contributed by atoms with Crippen molar-refractivity contribution in [3.05, 3.63) is 59.7 Å². The van der Waals surface area contributed by atoms with Crippen molar-refractivity contribution >= 4 is 17.5 Å². The standard InChI is InChI=1S/C22H29N3O3/c1-17-6-12-20(13-7-17)28-16-4-5-21(26)23-14-15-24-22(27)18-8-10-19(11-9-18)25(2)3/h6-13H,4-5,14-16H2,1-3H3,(H,23,26)(H,24,27). The molecule has 0 aromatic heterocycles. The summed E-state index contributed by atoms with van der Waals surface area (Å²) in [5.74, 6) is 0.621. The molecule has 2 aromatic carbocycles. The predicted molar refractivity (Wildman–Crippen MR) is 112 cm³/mol. The van der Waals surface area contributed by atoms with Gasteiger partial charge in [-0.15, -0.1) is 0 Å². The molecule has 2 N–H and O–H groups in total. The van der Waals surface area contributed by atoms with Gasteiger partial charge in [-0.1, -0.05) is 17.7 Å². The molecule has 2 amide bonds. The largest absolute Gasteiger partial charge is 0.494 e. The van der Waals surface area contributed by atoms with Crippen LogP contribution in [0.4, 0.5) is 5.69 Å². The molecule has 0 saturated carbocycles. The third kappa shape index (κ3) is 7.31. The van der Waals surface area contributed by atoms with Crippen molar-refractivity contribution in [1.82, 2.24) is 10.6 Å². The van der Waals surface area contributed by atoms with E-state index in [1.165, 1.54) is 5.56 Å². The summed E-state index contributed by atoms with van der Waals surface area (Å²) in [5, 5.41) is 5.61. The maximum absolute atomic E-state index is 12.1. The number of benzene rings is 2. The van der Waals surface area contributed by atoms with Crippen LogP contribution >= 0.6 is 0 Å². The van der Waals surface area contributed by atoms with Gasteiger partial charge in [0, 0.05) is 44.9 Å². The van der Waals surface area contributed by atoms with Crippen LogP contribution in [0.3, 0.4) is 0 Å². The van der Waals surface area contributed by atoms with Gasteiger partial charge in [-0.05, 0) is 49.7 Å². The Bertz CT molecular complexity index is 756. The van der Waals surface area contributed by atoms with E-state index in [0.717, 1.165) is 11.4 Å². The van der Waals surface area contributed by atoms with E-state index < -0.39 is 0 Å². The number of rotatable bonds is 10. The van der Waals surface area contributed by atoms with E-state index in [0.29, 0.717) is 38.1 Å². The van der Waals surface area contributed by atoms with Gasteiger partial charge in [-0.25, -0.2) is 0 Å². The Morgan fingerprint density at radius 2 is 1.57 bits per heavy atom. The van der Waals surface area contributed by atoms with Crippen LogP contribution in [-0.2, 0) is 4.79 Å². The Morgan fingerprint density at radius 3 is 2.21 bits per heavy atom. The maximum atomic E-state index is 12.1. The lowest BCUT2D eigenvalue weighted by Crippen LogP contribution is -2.34. The number of nitrogens with zero attached hydrogens (tertiary/aromatic N) is 1. The first kappa shape index (κ1) is 21.3. The molecular weight excluding hydrogens is 354 g/mol. The lowest BCUT2D eigenvalue weighted by Gasteiger charge is -2.12. The van der Waals surface area contributed by atoms with Crippen molar-refractivity contribution < 1.29 is 14.3 Å². The Balaban J connectivity index is 1.56. The van der Waals surface area contributed by atoms with Crippen LogP contribution < -0.4 is 20.3 Å². The number of hydrogen-bond donors (Lipinski definition) is 2. The second-order valence-corrected chi connectivity index (χ2v) is 6.81. The van der Waals surface area contributed by atoms with E-state index in [2.05, 4.69) is 10.6 Å². The fourth-order valence-corrected chi connectivity index (χ4v) is 2.54. The minimum Gasteiger partial charge on any atom is -0.494 e. The molecule has 150 valence electrons. The summed E-state index contributed by atoms with van der Waals surface area (Å²) >= 11 is 0. The average Bonchev–Trinajstić information content (AvgIpc) is 2.70. The molecule has 2 rings (SSSR count).